The van der Waals surface area contributed by atoms with E-state index in [0.717, 1.165) is 28.0 Å². The molecule has 1 aliphatic heterocycles. The quantitative estimate of drug-likeness (QED) is 0.461. The molecule has 2 unspecified atom stereocenters. The third-order valence-electron chi connectivity index (χ3n) is 5.58. The summed E-state index contributed by atoms with van der Waals surface area (Å²) >= 11 is 3.53. The van der Waals surface area contributed by atoms with Crippen molar-refractivity contribution in [1.29, 1.82) is 0 Å². The Balaban J connectivity index is 1.59. The largest absolute Gasteiger partial charge is 0.391 e. The van der Waals surface area contributed by atoms with Gasteiger partial charge in [-0.15, -0.1) is 10.2 Å². The molecular formula is C22H20BrN7O. The van der Waals surface area contributed by atoms with Crippen LogP contribution < -0.4 is 10.6 Å². The molecule has 1 fully saturated rings. The Morgan fingerprint density at radius 1 is 1.06 bits per heavy atom. The molecule has 8 nitrogen and oxygen atoms in total. The van der Waals surface area contributed by atoms with Gasteiger partial charge in [0.15, 0.2) is 11.5 Å². The number of nitrogen functional groups attached to an aromatic ring is 1. The highest BCUT2D eigenvalue weighted by molar-refractivity contribution is 9.10. The van der Waals surface area contributed by atoms with Crippen LogP contribution in [-0.2, 0) is 0 Å². The van der Waals surface area contributed by atoms with Gasteiger partial charge < -0.3 is 15.7 Å². The molecule has 1 aliphatic rings. The SMILES string of the molecule is CC1CN(c2ccc(-c3cc(-c4cccc(Br)c4)c4c(N)ncnc4n3)nn2)CC1O. The molecular weight excluding hydrogens is 458 g/mol. The Morgan fingerprint density at radius 2 is 1.94 bits per heavy atom. The molecule has 31 heavy (non-hydrogen) atoms. The first-order valence-electron chi connectivity index (χ1n) is 9.94. The number of aliphatic hydroxyl groups is 1. The summed E-state index contributed by atoms with van der Waals surface area (Å²) in [5.74, 6) is 1.33. The van der Waals surface area contributed by atoms with Gasteiger partial charge in [-0.2, -0.15) is 0 Å². The van der Waals surface area contributed by atoms with E-state index in [4.69, 9.17) is 5.73 Å². The van der Waals surface area contributed by atoms with Crippen molar-refractivity contribution in [3.8, 4) is 22.5 Å². The lowest BCUT2D eigenvalue weighted by molar-refractivity contribution is 0.157. The highest BCUT2D eigenvalue weighted by Crippen LogP contribution is 2.34. The number of nitrogens with two attached hydrogens (primary N) is 1. The summed E-state index contributed by atoms with van der Waals surface area (Å²) in [6, 6.07) is 13.7. The number of hydrogen-bond acceptors (Lipinski definition) is 8. The fourth-order valence-corrected chi connectivity index (χ4v) is 4.27. The van der Waals surface area contributed by atoms with Crippen LogP contribution in [-0.4, -0.2) is 49.4 Å². The maximum absolute atomic E-state index is 10.0. The molecule has 2 atom stereocenters. The molecule has 0 bridgehead atoms. The summed E-state index contributed by atoms with van der Waals surface area (Å²) in [6.45, 7) is 3.35. The number of aromatic nitrogens is 5. The number of benzene rings is 1. The first-order chi connectivity index (χ1) is 15.0. The van der Waals surface area contributed by atoms with E-state index in [-0.39, 0.29) is 12.0 Å². The fourth-order valence-electron chi connectivity index (χ4n) is 3.87. The molecule has 5 rings (SSSR count). The van der Waals surface area contributed by atoms with Crippen LogP contribution in [0.25, 0.3) is 33.5 Å². The molecule has 9 heteroatoms. The van der Waals surface area contributed by atoms with Crippen molar-refractivity contribution >= 4 is 38.6 Å². The van der Waals surface area contributed by atoms with E-state index >= 15 is 0 Å². The van der Waals surface area contributed by atoms with Gasteiger partial charge in [0, 0.05) is 23.5 Å². The number of halogens is 1. The van der Waals surface area contributed by atoms with Crippen LogP contribution in [0.15, 0.2) is 53.3 Å². The second-order valence-corrected chi connectivity index (χ2v) is 8.66. The summed E-state index contributed by atoms with van der Waals surface area (Å²) in [4.78, 5) is 15.2. The maximum Gasteiger partial charge on any atom is 0.165 e. The highest BCUT2D eigenvalue weighted by Gasteiger charge is 2.28. The van der Waals surface area contributed by atoms with Crippen LogP contribution in [0.2, 0.25) is 0 Å². The zero-order valence-electron chi connectivity index (χ0n) is 16.8. The Morgan fingerprint density at radius 3 is 2.65 bits per heavy atom. The third kappa shape index (κ3) is 3.70. The lowest BCUT2D eigenvalue weighted by Crippen LogP contribution is -2.22. The number of anilines is 2. The van der Waals surface area contributed by atoms with Gasteiger partial charge >= 0.3 is 0 Å². The van der Waals surface area contributed by atoms with Crippen LogP contribution in [0.4, 0.5) is 11.6 Å². The molecule has 1 aromatic carbocycles. The first kappa shape index (κ1) is 19.8. The van der Waals surface area contributed by atoms with Gasteiger partial charge in [0.1, 0.15) is 17.8 Å². The standard InChI is InChI=1S/C22H20BrN7O/c1-12-9-30(10-18(12)31)19-6-5-16(28-29-19)17-8-15(13-3-2-4-14(23)7-13)20-21(24)25-11-26-22(20)27-17/h2-8,11-12,18,31H,9-10H2,1H3,(H2,24,25,26,27). The Kier molecular flexibility index (Phi) is 4.99. The molecule has 0 spiro atoms. The number of nitrogens with zero attached hydrogens (tertiary/aromatic N) is 6. The average Bonchev–Trinajstić information content (AvgIpc) is 3.11. The summed E-state index contributed by atoms with van der Waals surface area (Å²) in [7, 11) is 0. The summed E-state index contributed by atoms with van der Waals surface area (Å²) < 4.78 is 0.957. The molecule has 0 radical (unpaired) electrons. The van der Waals surface area contributed by atoms with E-state index in [1.165, 1.54) is 6.33 Å². The van der Waals surface area contributed by atoms with Gasteiger partial charge in [-0.05, 0) is 41.5 Å². The van der Waals surface area contributed by atoms with Crippen LogP contribution in [0.1, 0.15) is 6.92 Å². The lowest BCUT2D eigenvalue weighted by Gasteiger charge is -2.16. The monoisotopic (exact) mass is 477 g/mol. The number of rotatable bonds is 3. The van der Waals surface area contributed by atoms with E-state index in [0.29, 0.717) is 34.8 Å². The van der Waals surface area contributed by atoms with Crippen LogP contribution >= 0.6 is 15.9 Å². The molecule has 0 amide bonds. The topological polar surface area (TPSA) is 114 Å². The number of β-amino-alcohol motifs (C(OH)–C–C–N with tert-alkyl or cyclic N) is 1. The van der Waals surface area contributed by atoms with E-state index in [1.54, 1.807) is 0 Å². The van der Waals surface area contributed by atoms with Crippen LogP contribution in [0, 0.1) is 5.92 Å². The predicted molar refractivity (Wildman–Crippen MR) is 123 cm³/mol. The van der Waals surface area contributed by atoms with Gasteiger partial charge in [-0.1, -0.05) is 35.0 Å². The number of fused-ring (bicyclic) bond motifs is 1. The predicted octanol–water partition coefficient (Wildman–Crippen LogP) is 3.31. The maximum atomic E-state index is 10.0. The molecule has 3 N–H and O–H groups in total. The molecule has 0 aliphatic carbocycles. The number of aliphatic hydroxyl groups excluding tert-OH is 1. The van der Waals surface area contributed by atoms with E-state index < -0.39 is 0 Å². The number of pyridine rings is 1. The van der Waals surface area contributed by atoms with Crippen molar-refractivity contribution in [3.05, 3.63) is 53.3 Å². The lowest BCUT2D eigenvalue weighted by atomic mass is 10.0. The van der Waals surface area contributed by atoms with Crippen LogP contribution in [0.3, 0.4) is 0 Å². The van der Waals surface area contributed by atoms with Gasteiger partial charge in [0.25, 0.3) is 0 Å². The van der Waals surface area contributed by atoms with Gasteiger partial charge in [0.2, 0.25) is 0 Å². The highest BCUT2D eigenvalue weighted by atomic mass is 79.9. The minimum Gasteiger partial charge on any atom is -0.391 e. The van der Waals surface area contributed by atoms with Gasteiger partial charge in [-0.3, -0.25) is 0 Å². The number of hydrogen-bond donors (Lipinski definition) is 2. The van der Waals surface area contributed by atoms with Crippen molar-refractivity contribution < 1.29 is 5.11 Å². The summed E-state index contributed by atoms with van der Waals surface area (Å²) in [5.41, 5.74) is 9.80. The average molecular weight is 478 g/mol. The molecule has 156 valence electrons. The Labute approximate surface area is 187 Å². The van der Waals surface area contributed by atoms with Crippen molar-refractivity contribution in [2.75, 3.05) is 23.7 Å². The van der Waals surface area contributed by atoms with E-state index in [1.807, 2.05) is 54.3 Å². The zero-order chi connectivity index (χ0) is 21.5. The second-order valence-electron chi connectivity index (χ2n) is 7.75. The molecule has 4 heterocycles. The third-order valence-corrected chi connectivity index (χ3v) is 6.07. The molecule has 3 aromatic heterocycles. The molecule has 1 saturated heterocycles. The first-order valence-corrected chi connectivity index (χ1v) is 10.7. The summed E-state index contributed by atoms with van der Waals surface area (Å²) in [6.07, 6.45) is 1.06. The summed E-state index contributed by atoms with van der Waals surface area (Å²) in [5, 5.41) is 19.5. The van der Waals surface area contributed by atoms with Crippen LogP contribution in [0.5, 0.6) is 0 Å². The van der Waals surface area contributed by atoms with Crippen molar-refractivity contribution in [2.45, 2.75) is 13.0 Å². The molecule has 0 saturated carbocycles. The van der Waals surface area contributed by atoms with Gasteiger partial charge in [0.05, 0.1) is 17.2 Å². The van der Waals surface area contributed by atoms with Crippen molar-refractivity contribution in [1.82, 2.24) is 25.1 Å². The van der Waals surface area contributed by atoms with Crippen molar-refractivity contribution in [3.63, 3.8) is 0 Å². The normalized spacial score (nSPS) is 18.6. The Hall–Kier alpha value is -3.17. The minimum atomic E-state index is -0.346. The molecule has 4 aromatic rings. The zero-order valence-corrected chi connectivity index (χ0v) is 18.4. The minimum absolute atomic E-state index is 0.210. The fraction of sp³-hybridized carbons (Fsp3) is 0.227. The van der Waals surface area contributed by atoms with Crippen molar-refractivity contribution in [2.24, 2.45) is 5.92 Å². The van der Waals surface area contributed by atoms with Gasteiger partial charge in [-0.25, -0.2) is 15.0 Å². The van der Waals surface area contributed by atoms with E-state index in [9.17, 15) is 5.11 Å². The van der Waals surface area contributed by atoms with E-state index in [2.05, 4.69) is 41.1 Å². The Bertz CT molecular complexity index is 1250. The second kappa shape index (κ2) is 7.82. The smallest absolute Gasteiger partial charge is 0.165 e.